The molecule has 1 N–H and O–H groups in total. The van der Waals surface area contributed by atoms with Crippen LogP contribution in [-0.2, 0) is 15.1 Å². The third kappa shape index (κ3) is 3.45. The van der Waals surface area contributed by atoms with Gasteiger partial charge < -0.3 is 14.6 Å². The van der Waals surface area contributed by atoms with Gasteiger partial charge in [0, 0.05) is 10.6 Å². The third-order valence-electron chi connectivity index (χ3n) is 6.58. The monoisotopic (exact) mass is 412 g/mol. The van der Waals surface area contributed by atoms with Gasteiger partial charge in [0.25, 0.3) is 6.29 Å². The zero-order valence-corrected chi connectivity index (χ0v) is 16.9. The lowest BCUT2D eigenvalue weighted by Crippen LogP contribution is -2.54. The second-order valence-electron chi connectivity index (χ2n) is 8.13. The topological polar surface area (TPSA) is 55.8 Å². The van der Waals surface area contributed by atoms with E-state index < -0.39 is 17.9 Å². The van der Waals surface area contributed by atoms with Gasteiger partial charge in [-0.2, -0.15) is 0 Å². The molecule has 0 bridgehead atoms. The summed E-state index contributed by atoms with van der Waals surface area (Å²) in [6, 6.07) is 3.52. The molecule has 148 valence electrons. The van der Waals surface area contributed by atoms with E-state index in [1.807, 2.05) is 6.07 Å². The average molecular weight is 413 g/mol. The third-order valence-corrected chi connectivity index (χ3v) is 7.08. The molecule has 1 aliphatic heterocycles. The van der Waals surface area contributed by atoms with Crippen LogP contribution in [0.15, 0.2) is 12.1 Å². The highest BCUT2D eigenvalue weighted by Gasteiger charge is 2.55. The Bertz CT molecular complexity index is 690. The number of fused-ring (bicyclic) bond motifs is 1. The molecule has 1 aromatic rings. The molecule has 1 aromatic carbocycles. The highest BCUT2D eigenvalue weighted by Crippen LogP contribution is 2.57. The molecule has 0 saturated heterocycles. The molecular formula is C21H26Cl2O4. The number of ether oxygens (including phenoxy) is 2. The van der Waals surface area contributed by atoms with E-state index in [1.165, 1.54) is 12.8 Å². The number of carboxylic acids is 1. The second-order valence-corrected chi connectivity index (χ2v) is 8.98. The standard InChI is InChI=1S/C21H26Cl2O4/c22-15-11-16-18(17(23)12-15)26-20(19(24)25)27-21(16,13-7-3-1-4-8-13)14-9-5-2-6-10-14/h11-14,20H,1-10H2,(H,24,25). The van der Waals surface area contributed by atoms with E-state index in [4.69, 9.17) is 32.7 Å². The van der Waals surface area contributed by atoms with Gasteiger partial charge in [-0.25, -0.2) is 4.79 Å². The molecule has 6 heteroatoms. The summed E-state index contributed by atoms with van der Waals surface area (Å²) < 4.78 is 12.1. The number of halogens is 2. The normalized spacial score (nSPS) is 26.2. The summed E-state index contributed by atoms with van der Waals surface area (Å²) in [6.45, 7) is 0. The molecule has 0 radical (unpaired) electrons. The maximum absolute atomic E-state index is 11.9. The number of hydrogen-bond acceptors (Lipinski definition) is 3. The second kappa shape index (κ2) is 7.81. The Balaban J connectivity index is 1.90. The van der Waals surface area contributed by atoms with Crippen LogP contribution in [0.4, 0.5) is 0 Å². The first-order valence-corrected chi connectivity index (χ1v) is 10.8. The Morgan fingerprint density at radius 2 is 1.52 bits per heavy atom. The van der Waals surface area contributed by atoms with E-state index in [2.05, 4.69) is 0 Å². The molecule has 1 unspecified atom stereocenters. The van der Waals surface area contributed by atoms with E-state index >= 15 is 0 Å². The zero-order chi connectivity index (χ0) is 19.0. The van der Waals surface area contributed by atoms with Gasteiger partial charge in [0.1, 0.15) is 11.4 Å². The first kappa shape index (κ1) is 19.4. The van der Waals surface area contributed by atoms with Crippen LogP contribution < -0.4 is 4.74 Å². The Labute approximate surface area is 170 Å². The van der Waals surface area contributed by atoms with Gasteiger partial charge in [-0.3, -0.25) is 0 Å². The van der Waals surface area contributed by atoms with E-state index in [0.717, 1.165) is 56.9 Å². The molecule has 4 rings (SSSR count). The molecule has 3 aliphatic rings. The quantitative estimate of drug-likeness (QED) is 0.644. The van der Waals surface area contributed by atoms with Crippen LogP contribution in [0.3, 0.4) is 0 Å². The largest absolute Gasteiger partial charge is 0.477 e. The van der Waals surface area contributed by atoms with Gasteiger partial charge in [0.2, 0.25) is 0 Å². The van der Waals surface area contributed by atoms with Gasteiger partial charge >= 0.3 is 5.97 Å². The molecule has 27 heavy (non-hydrogen) atoms. The molecule has 0 spiro atoms. The first-order chi connectivity index (χ1) is 13.0. The molecule has 1 heterocycles. The fourth-order valence-electron chi connectivity index (χ4n) is 5.47. The number of hydrogen-bond donors (Lipinski definition) is 1. The van der Waals surface area contributed by atoms with Crippen LogP contribution in [-0.4, -0.2) is 17.4 Å². The van der Waals surface area contributed by atoms with Crippen molar-refractivity contribution >= 4 is 29.2 Å². The van der Waals surface area contributed by atoms with Gasteiger partial charge in [0.15, 0.2) is 0 Å². The Hall–Kier alpha value is -0.970. The molecule has 2 fully saturated rings. The van der Waals surface area contributed by atoms with Crippen molar-refractivity contribution in [2.75, 3.05) is 0 Å². The number of aliphatic carboxylic acids is 1. The van der Waals surface area contributed by atoms with Crippen molar-refractivity contribution < 1.29 is 19.4 Å². The highest BCUT2D eigenvalue weighted by molar-refractivity contribution is 6.35. The van der Waals surface area contributed by atoms with Crippen molar-refractivity contribution in [2.45, 2.75) is 76.1 Å². The Morgan fingerprint density at radius 1 is 0.963 bits per heavy atom. The van der Waals surface area contributed by atoms with E-state index in [1.54, 1.807) is 6.07 Å². The van der Waals surface area contributed by atoms with Crippen molar-refractivity contribution in [3.8, 4) is 5.75 Å². The molecule has 2 saturated carbocycles. The minimum Gasteiger partial charge on any atom is -0.477 e. The number of carbonyl (C=O) groups is 1. The van der Waals surface area contributed by atoms with Gasteiger partial charge in [-0.1, -0.05) is 61.7 Å². The van der Waals surface area contributed by atoms with Crippen molar-refractivity contribution in [2.24, 2.45) is 11.8 Å². The summed E-state index contributed by atoms with van der Waals surface area (Å²) in [5.41, 5.74) is 0.169. The SMILES string of the molecule is O=C(O)C1Oc2c(Cl)cc(Cl)cc2C(C2CCCCC2)(C2CCCCC2)O1. The smallest absolute Gasteiger partial charge is 0.373 e. The highest BCUT2D eigenvalue weighted by atomic mass is 35.5. The van der Waals surface area contributed by atoms with E-state index in [-0.39, 0.29) is 11.8 Å². The molecule has 0 aromatic heterocycles. The Morgan fingerprint density at radius 3 is 2.04 bits per heavy atom. The number of rotatable bonds is 3. The van der Waals surface area contributed by atoms with Crippen LogP contribution >= 0.6 is 23.2 Å². The molecule has 1 atom stereocenters. The lowest BCUT2D eigenvalue weighted by molar-refractivity contribution is -0.251. The lowest BCUT2D eigenvalue weighted by atomic mass is 9.63. The summed E-state index contributed by atoms with van der Waals surface area (Å²) in [5.74, 6) is -0.153. The van der Waals surface area contributed by atoms with Crippen molar-refractivity contribution in [1.29, 1.82) is 0 Å². The predicted molar refractivity (Wildman–Crippen MR) is 104 cm³/mol. The minimum atomic E-state index is -1.33. The molecule has 0 amide bonds. The Kier molecular flexibility index (Phi) is 5.59. The summed E-state index contributed by atoms with van der Waals surface area (Å²) in [5, 5.41) is 10.6. The summed E-state index contributed by atoms with van der Waals surface area (Å²) in [6.07, 6.45) is 9.82. The fourth-order valence-corrected chi connectivity index (χ4v) is 6.01. The molecule has 2 aliphatic carbocycles. The minimum absolute atomic E-state index is 0.258. The summed E-state index contributed by atoms with van der Waals surface area (Å²) >= 11 is 12.8. The van der Waals surface area contributed by atoms with E-state index in [0.29, 0.717) is 15.8 Å². The van der Waals surface area contributed by atoms with Crippen LogP contribution in [0.25, 0.3) is 0 Å². The van der Waals surface area contributed by atoms with Crippen LogP contribution in [0.2, 0.25) is 10.0 Å². The van der Waals surface area contributed by atoms with Crippen molar-refractivity contribution in [3.05, 3.63) is 27.7 Å². The lowest BCUT2D eigenvalue weighted by Gasteiger charge is -2.52. The predicted octanol–water partition coefficient (Wildman–Crippen LogP) is 6.17. The van der Waals surface area contributed by atoms with Crippen LogP contribution in [0.5, 0.6) is 5.75 Å². The summed E-state index contributed by atoms with van der Waals surface area (Å²) in [4.78, 5) is 11.9. The zero-order valence-electron chi connectivity index (χ0n) is 15.4. The molecule has 4 nitrogen and oxygen atoms in total. The van der Waals surface area contributed by atoms with Gasteiger partial charge in [0.05, 0.1) is 5.02 Å². The van der Waals surface area contributed by atoms with Gasteiger partial charge in [-0.15, -0.1) is 0 Å². The van der Waals surface area contributed by atoms with E-state index in [9.17, 15) is 9.90 Å². The fraction of sp³-hybridized carbons (Fsp3) is 0.667. The maximum atomic E-state index is 11.9. The van der Waals surface area contributed by atoms with Crippen molar-refractivity contribution in [1.82, 2.24) is 0 Å². The van der Waals surface area contributed by atoms with Crippen LogP contribution in [0.1, 0.15) is 69.8 Å². The van der Waals surface area contributed by atoms with Crippen LogP contribution in [0, 0.1) is 11.8 Å². The number of benzene rings is 1. The van der Waals surface area contributed by atoms with Crippen molar-refractivity contribution in [3.63, 3.8) is 0 Å². The van der Waals surface area contributed by atoms with Gasteiger partial charge in [-0.05, 0) is 49.7 Å². The number of carboxylic acid groups (broad SMARTS) is 1. The summed E-state index contributed by atoms with van der Waals surface area (Å²) in [7, 11) is 0. The maximum Gasteiger partial charge on any atom is 0.373 e. The first-order valence-electron chi connectivity index (χ1n) is 10.1. The molecular weight excluding hydrogens is 387 g/mol. The average Bonchev–Trinajstić information content (AvgIpc) is 2.68.